The molecule has 0 saturated carbocycles. The van der Waals surface area contributed by atoms with Crippen LogP contribution < -0.4 is 14.4 Å². The Morgan fingerprint density at radius 1 is 0.900 bits per heavy atom. The Morgan fingerprint density at radius 2 is 1.67 bits per heavy atom. The van der Waals surface area contributed by atoms with Gasteiger partial charge < -0.3 is 14.4 Å². The van der Waals surface area contributed by atoms with Gasteiger partial charge in [-0.05, 0) is 29.7 Å². The standard InChI is InChI=1S/C23H27N5O2/c1-29-21-6-3-17(4-7-21)13-27-10-9-22(25-27)26-15-19-11-20(16-26)28(19)14-18-5-8-23(30-2)24-12-18/h3-10,12,19-20H,11,13-16H2,1-2H3. The summed E-state index contributed by atoms with van der Waals surface area (Å²) >= 11 is 0. The summed E-state index contributed by atoms with van der Waals surface area (Å²) in [7, 11) is 3.34. The number of aromatic nitrogens is 3. The number of nitrogens with zero attached hydrogens (tertiary/aromatic N) is 5. The number of benzene rings is 1. The Hall–Kier alpha value is -3.06. The van der Waals surface area contributed by atoms with Crippen molar-refractivity contribution in [2.75, 3.05) is 32.2 Å². The van der Waals surface area contributed by atoms with Crippen molar-refractivity contribution in [1.29, 1.82) is 0 Å². The predicted molar refractivity (Wildman–Crippen MR) is 115 cm³/mol. The van der Waals surface area contributed by atoms with E-state index in [1.165, 1.54) is 17.5 Å². The van der Waals surface area contributed by atoms with Crippen LogP contribution in [0.4, 0.5) is 5.82 Å². The number of piperazine rings is 1. The van der Waals surface area contributed by atoms with E-state index in [9.17, 15) is 0 Å². The first-order valence-electron chi connectivity index (χ1n) is 10.4. The lowest BCUT2D eigenvalue weighted by atomic mass is 9.87. The highest BCUT2D eigenvalue weighted by Crippen LogP contribution is 2.35. The Bertz CT molecular complexity index is 974. The molecule has 2 unspecified atom stereocenters. The van der Waals surface area contributed by atoms with Crippen molar-refractivity contribution in [2.45, 2.75) is 31.6 Å². The third kappa shape index (κ3) is 3.73. The topological polar surface area (TPSA) is 55.7 Å². The van der Waals surface area contributed by atoms with Gasteiger partial charge in [-0.3, -0.25) is 9.58 Å². The zero-order valence-electron chi connectivity index (χ0n) is 17.4. The van der Waals surface area contributed by atoms with Crippen LogP contribution in [-0.2, 0) is 13.1 Å². The number of anilines is 1. The van der Waals surface area contributed by atoms with Crippen LogP contribution in [0.5, 0.6) is 11.6 Å². The monoisotopic (exact) mass is 405 g/mol. The molecule has 0 radical (unpaired) electrons. The lowest BCUT2D eigenvalue weighted by molar-refractivity contribution is -0.00880. The minimum Gasteiger partial charge on any atom is -0.497 e. The molecule has 0 N–H and O–H groups in total. The van der Waals surface area contributed by atoms with Crippen LogP contribution in [0, 0.1) is 0 Å². The summed E-state index contributed by atoms with van der Waals surface area (Å²) in [5.74, 6) is 2.62. The molecule has 3 fully saturated rings. The van der Waals surface area contributed by atoms with E-state index in [1.54, 1.807) is 14.2 Å². The van der Waals surface area contributed by atoms with Crippen molar-refractivity contribution < 1.29 is 9.47 Å². The molecule has 3 aliphatic rings. The van der Waals surface area contributed by atoms with E-state index in [0.29, 0.717) is 18.0 Å². The maximum absolute atomic E-state index is 5.23. The number of rotatable bonds is 7. The summed E-state index contributed by atoms with van der Waals surface area (Å²) in [5.41, 5.74) is 2.45. The molecule has 2 aromatic heterocycles. The number of hydrogen-bond donors (Lipinski definition) is 0. The van der Waals surface area contributed by atoms with E-state index in [1.807, 2.05) is 29.1 Å². The van der Waals surface area contributed by atoms with Crippen LogP contribution in [0.2, 0.25) is 0 Å². The third-order valence-corrected chi connectivity index (χ3v) is 6.17. The molecule has 6 rings (SSSR count). The highest BCUT2D eigenvalue weighted by molar-refractivity contribution is 5.40. The fraction of sp³-hybridized carbons (Fsp3) is 0.391. The van der Waals surface area contributed by atoms with Crippen LogP contribution >= 0.6 is 0 Å². The number of methoxy groups -OCH3 is 2. The minimum absolute atomic E-state index is 0.581. The Morgan fingerprint density at radius 3 is 2.33 bits per heavy atom. The fourth-order valence-corrected chi connectivity index (χ4v) is 4.49. The largest absolute Gasteiger partial charge is 0.497 e. The molecule has 2 atom stereocenters. The zero-order chi connectivity index (χ0) is 20.5. The SMILES string of the molecule is COc1ccc(Cn2ccc(N3CC4CC(C3)N4Cc3ccc(OC)nc3)n2)cc1. The number of fused-ring (bicyclic) bond motifs is 2. The van der Waals surface area contributed by atoms with Gasteiger partial charge in [0.1, 0.15) is 5.75 Å². The second-order valence-electron chi connectivity index (χ2n) is 8.05. The molecule has 3 saturated heterocycles. The molecular formula is C23H27N5O2. The second-order valence-corrected chi connectivity index (χ2v) is 8.05. The molecule has 7 nitrogen and oxygen atoms in total. The summed E-state index contributed by atoms with van der Waals surface area (Å²) in [4.78, 5) is 9.35. The van der Waals surface area contributed by atoms with Crippen molar-refractivity contribution in [3.8, 4) is 11.6 Å². The van der Waals surface area contributed by atoms with Gasteiger partial charge in [0, 0.05) is 56.2 Å². The van der Waals surface area contributed by atoms with E-state index in [0.717, 1.165) is 37.7 Å². The van der Waals surface area contributed by atoms with Gasteiger partial charge in [0.25, 0.3) is 0 Å². The lowest BCUT2D eigenvalue weighted by Gasteiger charge is -2.56. The molecule has 156 valence electrons. The maximum Gasteiger partial charge on any atom is 0.212 e. The first-order chi connectivity index (χ1) is 14.7. The van der Waals surface area contributed by atoms with Crippen LogP contribution in [0.3, 0.4) is 0 Å². The van der Waals surface area contributed by atoms with Gasteiger partial charge in [0.05, 0.1) is 20.8 Å². The van der Waals surface area contributed by atoms with Crippen LogP contribution in [0.15, 0.2) is 54.9 Å². The summed E-state index contributed by atoms with van der Waals surface area (Å²) in [6, 6.07) is 15.5. The molecule has 7 heteroatoms. The normalized spacial score (nSPS) is 20.7. The van der Waals surface area contributed by atoms with Gasteiger partial charge in [0.15, 0.2) is 5.82 Å². The van der Waals surface area contributed by atoms with E-state index >= 15 is 0 Å². The van der Waals surface area contributed by atoms with Gasteiger partial charge in [-0.1, -0.05) is 18.2 Å². The van der Waals surface area contributed by atoms with Gasteiger partial charge in [0.2, 0.25) is 5.88 Å². The molecule has 30 heavy (non-hydrogen) atoms. The first kappa shape index (κ1) is 18.9. The number of pyridine rings is 1. The van der Waals surface area contributed by atoms with Gasteiger partial charge >= 0.3 is 0 Å². The average Bonchev–Trinajstić information content (AvgIpc) is 3.27. The van der Waals surface area contributed by atoms with E-state index in [4.69, 9.17) is 14.6 Å². The molecule has 2 bridgehead atoms. The summed E-state index contributed by atoms with van der Waals surface area (Å²) in [6.07, 6.45) is 5.26. The van der Waals surface area contributed by atoms with Crippen LogP contribution in [-0.4, -0.2) is 59.1 Å². The average molecular weight is 406 g/mol. The summed E-state index contributed by atoms with van der Waals surface area (Å²) < 4.78 is 12.4. The van der Waals surface area contributed by atoms with Gasteiger partial charge in [-0.2, -0.15) is 5.10 Å². The fourth-order valence-electron chi connectivity index (χ4n) is 4.49. The van der Waals surface area contributed by atoms with Gasteiger partial charge in [-0.15, -0.1) is 0 Å². The highest BCUT2D eigenvalue weighted by Gasteiger charge is 2.44. The van der Waals surface area contributed by atoms with Crippen molar-refractivity contribution in [2.24, 2.45) is 0 Å². The first-order valence-corrected chi connectivity index (χ1v) is 10.4. The number of ether oxygens (including phenoxy) is 2. The predicted octanol–water partition coefficient (Wildman–Crippen LogP) is 2.81. The molecule has 5 heterocycles. The number of piperidine rings is 1. The van der Waals surface area contributed by atoms with E-state index in [2.05, 4.69) is 45.2 Å². The Balaban J connectivity index is 1.18. The molecule has 3 aliphatic heterocycles. The van der Waals surface area contributed by atoms with Crippen molar-refractivity contribution >= 4 is 5.82 Å². The van der Waals surface area contributed by atoms with Crippen molar-refractivity contribution in [3.63, 3.8) is 0 Å². The minimum atomic E-state index is 0.581. The van der Waals surface area contributed by atoms with E-state index in [-0.39, 0.29) is 0 Å². The lowest BCUT2D eigenvalue weighted by Crippen LogP contribution is -2.68. The van der Waals surface area contributed by atoms with E-state index < -0.39 is 0 Å². The Labute approximate surface area is 176 Å². The summed E-state index contributed by atoms with van der Waals surface area (Å²) in [6.45, 7) is 3.77. The molecular weight excluding hydrogens is 378 g/mol. The highest BCUT2D eigenvalue weighted by atomic mass is 16.5. The maximum atomic E-state index is 5.23. The zero-order valence-corrected chi connectivity index (χ0v) is 17.4. The molecule has 0 aliphatic carbocycles. The smallest absolute Gasteiger partial charge is 0.212 e. The summed E-state index contributed by atoms with van der Waals surface area (Å²) in [5, 5.41) is 4.82. The van der Waals surface area contributed by atoms with Crippen LogP contribution in [0.1, 0.15) is 17.5 Å². The quantitative estimate of drug-likeness (QED) is 0.603. The molecule has 1 aromatic carbocycles. The van der Waals surface area contributed by atoms with Crippen molar-refractivity contribution in [3.05, 3.63) is 66.0 Å². The molecule has 3 aromatic rings. The molecule has 0 amide bonds. The third-order valence-electron chi connectivity index (χ3n) is 6.17. The Kier molecular flexibility index (Phi) is 5.04. The number of hydrogen-bond acceptors (Lipinski definition) is 6. The molecule has 0 spiro atoms. The second kappa shape index (κ2) is 7.99. The van der Waals surface area contributed by atoms with Gasteiger partial charge in [-0.25, -0.2) is 4.98 Å². The van der Waals surface area contributed by atoms with Crippen molar-refractivity contribution in [1.82, 2.24) is 19.7 Å². The van der Waals surface area contributed by atoms with Crippen LogP contribution in [0.25, 0.3) is 0 Å².